The summed E-state index contributed by atoms with van der Waals surface area (Å²) in [5.74, 6) is 2.40. The topological polar surface area (TPSA) is 29.3 Å². The fourth-order valence-electron chi connectivity index (χ4n) is 1.91. The van der Waals surface area contributed by atoms with Crippen molar-refractivity contribution < 1.29 is 4.42 Å². The van der Waals surface area contributed by atoms with Gasteiger partial charge >= 0.3 is 0 Å². The molecule has 0 bridgehead atoms. The number of nitrogens with zero attached hydrogens (tertiary/aromatic N) is 2. The molecule has 0 saturated heterocycles. The number of furan rings is 1. The number of pyridine rings is 1. The Kier molecular flexibility index (Phi) is 3.92. The first-order valence-electron chi connectivity index (χ1n) is 5.88. The number of alkyl halides is 1. The number of anilines is 1. The molecule has 0 radical (unpaired) electrons. The molecule has 0 spiro atoms. The van der Waals surface area contributed by atoms with Gasteiger partial charge in [-0.15, -0.1) is 11.6 Å². The van der Waals surface area contributed by atoms with Gasteiger partial charge in [0.1, 0.15) is 11.6 Å². The number of halogens is 1. The molecule has 0 N–H and O–H groups in total. The van der Waals surface area contributed by atoms with Gasteiger partial charge in [-0.05, 0) is 37.6 Å². The van der Waals surface area contributed by atoms with Gasteiger partial charge in [0.2, 0.25) is 0 Å². The standard InChI is InChI=1S/C14H17ClN2O/c1-10-6-12(8-15)7-14(16-10)17(3)9-13-4-5-18-11(13)2/h4-7H,8-9H2,1-3H3. The highest BCUT2D eigenvalue weighted by Crippen LogP contribution is 2.19. The minimum atomic E-state index is 0.509. The lowest BCUT2D eigenvalue weighted by atomic mass is 10.2. The van der Waals surface area contributed by atoms with Crippen LogP contribution in [0, 0.1) is 13.8 Å². The zero-order chi connectivity index (χ0) is 13.1. The Morgan fingerprint density at radius 3 is 2.72 bits per heavy atom. The molecule has 0 amide bonds. The molecule has 2 heterocycles. The molecule has 2 rings (SSSR count). The number of hydrogen-bond donors (Lipinski definition) is 0. The molecule has 18 heavy (non-hydrogen) atoms. The highest BCUT2D eigenvalue weighted by molar-refractivity contribution is 6.17. The molecular weight excluding hydrogens is 248 g/mol. The zero-order valence-corrected chi connectivity index (χ0v) is 11.7. The van der Waals surface area contributed by atoms with E-state index in [-0.39, 0.29) is 0 Å². The van der Waals surface area contributed by atoms with Crippen molar-refractivity contribution in [1.82, 2.24) is 4.98 Å². The van der Waals surface area contributed by atoms with E-state index in [1.165, 1.54) is 5.56 Å². The Labute approximate surface area is 112 Å². The molecule has 2 aromatic rings. The summed E-state index contributed by atoms with van der Waals surface area (Å²) in [6.07, 6.45) is 1.71. The predicted octanol–water partition coefficient (Wildman–Crippen LogP) is 3.67. The van der Waals surface area contributed by atoms with Crippen LogP contribution in [0.15, 0.2) is 28.9 Å². The zero-order valence-electron chi connectivity index (χ0n) is 10.9. The molecule has 4 heteroatoms. The normalized spacial score (nSPS) is 10.7. The van der Waals surface area contributed by atoms with E-state index in [4.69, 9.17) is 16.0 Å². The van der Waals surface area contributed by atoms with Crippen LogP contribution in [0.1, 0.15) is 22.6 Å². The van der Waals surface area contributed by atoms with Crippen LogP contribution in [0.3, 0.4) is 0 Å². The maximum atomic E-state index is 5.88. The lowest BCUT2D eigenvalue weighted by molar-refractivity contribution is 0.529. The third-order valence-corrected chi connectivity index (χ3v) is 3.23. The molecule has 3 nitrogen and oxygen atoms in total. The summed E-state index contributed by atoms with van der Waals surface area (Å²) in [5.41, 5.74) is 3.25. The molecule has 2 aromatic heterocycles. The van der Waals surface area contributed by atoms with E-state index in [1.807, 2.05) is 39.1 Å². The molecular formula is C14H17ClN2O. The van der Waals surface area contributed by atoms with Crippen molar-refractivity contribution in [2.24, 2.45) is 0 Å². The average molecular weight is 265 g/mol. The van der Waals surface area contributed by atoms with E-state index >= 15 is 0 Å². The Hall–Kier alpha value is -1.48. The van der Waals surface area contributed by atoms with Crippen molar-refractivity contribution in [2.75, 3.05) is 11.9 Å². The third-order valence-electron chi connectivity index (χ3n) is 2.92. The van der Waals surface area contributed by atoms with Gasteiger partial charge in [-0.2, -0.15) is 0 Å². The minimum absolute atomic E-state index is 0.509. The molecule has 0 atom stereocenters. The first kappa shape index (κ1) is 13.0. The summed E-state index contributed by atoms with van der Waals surface area (Å²) in [4.78, 5) is 6.63. The van der Waals surface area contributed by atoms with Gasteiger partial charge in [0.05, 0.1) is 6.26 Å². The second-order valence-electron chi connectivity index (χ2n) is 4.47. The Bertz CT molecular complexity index is 536. The van der Waals surface area contributed by atoms with E-state index in [0.717, 1.165) is 29.4 Å². The molecule has 0 aliphatic heterocycles. The van der Waals surface area contributed by atoms with Gasteiger partial charge in [-0.25, -0.2) is 4.98 Å². The van der Waals surface area contributed by atoms with Crippen LogP contribution in [-0.4, -0.2) is 12.0 Å². The summed E-state index contributed by atoms with van der Waals surface area (Å²) in [6, 6.07) is 6.02. The van der Waals surface area contributed by atoms with E-state index in [9.17, 15) is 0 Å². The largest absolute Gasteiger partial charge is 0.469 e. The van der Waals surface area contributed by atoms with Crippen molar-refractivity contribution in [1.29, 1.82) is 0 Å². The van der Waals surface area contributed by atoms with Gasteiger partial charge in [-0.1, -0.05) is 0 Å². The highest BCUT2D eigenvalue weighted by Gasteiger charge is 2.09. The molecule has 0 aliphatic carbocycles. The SMILES string of the molecule is Cc1cc(CCl)cc(N(C)Cc2ccoc2C)n1. The van der Waals surface area contributed by atoms with Crippen LogP contribution in [0.5, 0.6) is 0 Å². The number of rotatable bonds is 4. The number of aryl methyl sites for hydroxylation is 2. The summed E-state index contributed by atoms with van der Waals surface area (Å²) >= 11 is 5.88. The molecule has 96 valence electrons. The predicted molar refractivity (Wildman–Crippen MR) is 74.1 cm³/mol. The van der Waals surface area contributed by atoms with Gasteiger partial charge in [0, 0.05) is 30.7 Å². The highest BCUT2D eigenvalue weighted by atomic mass is 35.5. The minimum Gasteiger partial charge on any atom is -0.469 e. The van der Waals surface area contributed by atoms with Crippen molar-refractivity contribution in [3.8, 4) is 0 Å². The molecule has 0 aromatic carbocycles. The maximum Gasteiger partial charge on any atom is 0.129 e. The van der Waals surface area contributed by atoms with Gasteiger partial charge in [0.25, 0.3) is 0 Å². The fourth-order valence-corrected chi connectivity index (χ4v) is 2.06. The molecule has 0 aliphatic rings. The second kappa shape index (κ2) is 5.44. The van der Waals surface area contributed by atoms with Crippen molar-refractivity contribution in [2.45, 2.75) is 26.3 Å². The van der Waals surface area contributed by atoms with Crippen LogP contribution in [-0.2, 0) is 12.4 Å². The summed E-state index contributed by atoms with van der Waals surface area (Å²) in [7, 11) is 2.02. The van der Waals surface area contributed by atoms with Crippen molar-refractivity contribution in [3.05, 3.63) is 47.0 Å². The van der Waals surface area contributed by atoms with Crippen molar-refractivity contribution in [3.63, 3.8) is 0 Å². The quantitative estimate of drug-likeness (QED) is 0.789. The molecule has 0 unspecified atom stereocenters. The van der Waals surface area contributed by atoms with E-state index in [2.05, 4.69) is 9.88 Å². The third kappa shape index (κ3) is 2.85. The maximum absolute atomic E-state index is 5.88. The first-order chi connectivity index (χ1) is 8.60. The Morgan fingerprint density at radius 2 is 2.11 bits per heavy atom. The average Bonchev–Trinajstić information content (AvgIpc) is 2.74. The van der Waals surface area contributed by atoms with E-state index in [0.29, 0.717) is 5.88 Å². The van der Waals surface area contributed by atoms with E-state index < -0.39 is 0 Å². The summed E-state index contributed by atoms with van der Waals surface area (Å²) < 4.78 is 5.30. The molecule has 0 fully saturated rings. The number of aromatic nitrogens is 1. The number of hydrogen-bond acceptors (Lipinski definition) is 3. The van der Waals surface area contributed by atoms with Crippen LogP contribution in [0.4, 0.5) is 5.82 Å². The lowest BCUT2D eigenvalue weighted by Crippen LogP contribution is -2.18. The Balaban J connectivity index is 2.20. The van der Waals surface area contributed by atoms with Crippen LogP contribution in [0.2, 0.25) is 0 Å². The summed E-state index contributed by atoms with van der Waals surface area (Å²) in [5, 5.41) is 0. The van der Waals surface area contributed by atoms with Gasteiger partial charge in [-0.3, -0.25) is 0 Å². The van der Waals surface area contributed by atoms with Crippen LogP contribution in [0.25, 0.3) is 0 Å². The smallest absolute Gasteiger partial charge is 0.129 e. The van der Waals surface area contributed by atoms with E-state index in [1.54, 1.807) is 6.26 Å². The monoisotopic (exact) mass is 264 g/mol. The van der Waals surface area contributed by atoms with Gasteiger partial charge in [0.15, 0.2) is 0 Å². The fraction of sp³-hybridized carbons (Fsp3) is 0.357. The van der Waals surface area contributed by atoms with Gasteiger partial charge < -0.3 is 9.32 Å². The lowest BCUT2D eigenvalue weighted by Gasteiger charge is -2.19. The van der Waals surface area contributed by atoms with Crippen LogP contribution < -0.4 is 4.90 Å². The first-order valence-corrected chi connectivity index (χ1v) is 6.41. The van der Waals surface area contributed by atoms with Crippen LogP contribution >= 0.6 is 11.6 Å². The second-order valence-corrected chi connectivity index (χ2v) is 4.73. The molecule has 0 saturated carbocycles. The van der Waals surface area contributed by atoms with Crippen molar-refractivity contribution >= 4 is 17.4 Å². The Morgan fingerprint density at radius 1 is 1.33 bits per heavy atom. The summed E-state index contributed by atoms with van der Waals surface area (Å²) in [6.45, 7) is 4.73.